The summed E-state index contributed by atoms with van der Waals surface area (Å²) < 4.78 is 0. The molecule has 1 aliphatic rings. The summed E-state index contributed by atoms with van der Waals surface area (Å²) in [5, 5.41) is 3.75. The fourth-order valence-corrected chi connectivity index (χ4v) is 3.35. The van der Waals surface area contributed by atoms with Crippen molar-refractivity contribution >= 4 is 0 Å². The maximum Gasteiger partial charge on any atom is 0.0143 e. The molecule has 0 spiro atoms. The summed E-state index contributed by atoms with van der Waals surface area (Å²) in [5.74, 6) is 0.782. The fourth-order valence-electron chi connectivity index (χ4n) is 3.35. The van der Waals surface area contributed by atoms with Gasteiger partial charge in [0.15, 0.2) is 0 Å². The van der Waals surface area contributed by atoms with Crippen LogP contribution in [0, 0.1) is 16.7 Å². The highest BCUT2D eigenvalue weighted by Crippen LogP contribution is 2.70. The Bertz CT molecular complexity index is 261. The lowest BCUT2D eigenvalue weighted by molar-refractivity contribution is 0.393. The Morgan fingerprint density at radius 2 is 1.71 bits per heavy atom. The summed E-state index contributed by atoms with van der Waals surface area (Å²) >= 11 is 0. The van der Waals surface area contributed by atoms with Crippen LogP contribution in [0.25, 0.3) is 0 Å². The van der Waals surface area contributed by atoms with Gasteiger partial charge in [-0.1, -0.05) is 53.7 Å². The lowest BCUT2D eigenvalue weighted by Crippen LogP contribution is -2.34. The SMILES string of the molecule is C=C(CC)CC(NCCC)C1C(C)(C)C1(C)C. The second-order valence-corrected chi connectivity index (χ2v) is 6.79. The molecule has 0 aromatic rings. The lowest BCUT2D eigenvalue weighted by atomic mass is 9.96. The first kappa shape index (κ1) is 14.8. The van der Waals surface area contributed by atoms with Crippen molar-refractivity contribution < 1.29 is 0 Å². The quantitative estimate of drug-likeness (QED) is 0.647. The van der Waals surface area contributed by atoms with E-state index in [2.05, 4.69) is 53.4 Å². The summed E-state index contributed by atoms with van der Waals surface area (Å²) in [6.45, 7) is 19.4. The van der Waals surface area contributed by atoms with Crippen LogP contribution in [0.1, 0.15) is 60.8 Å². The third-order valence-electron chi connectivity index (χ3n) is 5.20. The fraction of sp³-hybridized carbons (Fsp3) is 0.875. The molecule has 1 atom stereocenters. The Kier molecular flexibility index (Phi) is 4.46. The van der Waals surface area contributed by atoms with Crippen LogP contribution in [-0.2, 0) is 0 Å². The zero-order chi connectivity index (χ0) is 13.3. The van der Waals surface area contributed by atoms with Gasteiger partial charge >= 0.3 is 0 Å². The molecule has 1 nitrogen and oxygen atoms in total. The Morgan fingerprint density at radius 1 is 1.18 bits per heavy atom. The second-order valence-electron chi connectivity index (χ2n) is 6.79. The van der Waals surface area contributed by atoms with Gasteiger partial charge in [-0.25, -0.2) is 0 Å². The van der Waals surface area contributed by atoms with Gasteiger partial charge in [-0.05, 0) is 42.6 Å². The molecule has 0 bridgehead atoms. The van der Waals surface area contributed by atoms with Gasteiger partial charge in [-0.3, -0.25) is 0 Å². The van der Waals surface area contributed by atoms with Crippen molar-refractivity contribution in [2.24, 2.45) is 16.7 Å². The van der Waals surface area contributed by atoms with Gasteiger partial charge in [-0.15, -0.1) is 0 Å². The first-order valence-corrected chi connectivity index (χ1v) is 7.19. The molecule has 100 valence electrons. The van der Waals surface area contributed by atoms with Crippen molar-refractivity contribution in [1.82, 2.24) is 5.32 Å². The average Bonchev–Trinajstić information content (AvgIpc) is 2.64. The van der Waals surface area contributed by atoms with E-state index in [9.17, 15) is 0 Å². The summed E-state index contributed by atoms with van der Waals surface area (Å²) in [5.41, 5.74) is 2.32. The van der Waals surface area contributed by atoms with E-state index in [1.54, 1.807) is 0 Å². The summed E-state index contributed by atoms with van der Waals surface area (Å²) in [7, 11) is 0. The van der Waals surface area contributed by atoms with Gasteiger partial charge in [0.25, 0.3) is 0 Å². The first-order valence-electron chi connectivity index (χ1n) is 7.19. The molecule has 0 aliphatic heterocycles. The van der Waals surface area contributed by atoms with Crippen molar-refractivity contribution in [3.8, 4) is 0 Å². The lowest BCUT2D eigenvalue weighted by Gasteiger charge is -2.21. The van der Waals surface area contributed by atoms with E-state index in [1.807, 2.05) is 0 Å². The zero-order valence-corrected chi connectivity index (χ0v) is 12.7. The van der Waals surface area contributed by atoms with Gasteiger partial charge in [0.1, 0.15) is 0 Å². The third kappa shape index (κ3) is 2.76. The van der Waals surface area contributed by atoms with E-state index >= 15 is 0 Å². The van der Waals surface area contributed by atoms with E-state index in [-0.39, 0.29) is 0 Å². The molecule has 0 aromatic heterocycles. The summed E-state index contributed by atoms with van der Waals surface area (Å²) in [6, 6.07) is 0.618. The van der Waals surface area contributed by atoms with Crippen molar-refractivity contribution in [2.45, 2.75) is 66.8 Å². The summed E-state index contributed by atoms with van der Waals surface area (Å²) in [4.78, 5) is 0. The predicted octanol–water partition coefficient (Wildman–Crippen LogP) is 4.39. The minimum Gasteiger partial charge on any atom is -0.313 e. The largest absolute Gasteiger partial charge is 0.313 e. The number of hydrogen-bond donors (Lipinski definition) is 1. The van der Waals surface area contributed by atoms with Crippen molar-refractivity contribution in [3.05, 3.63) is 12.2 Å². The van der Waals surface area contributed by atoms with Crippen molar-refractivity contribution in [2.75, 3.05) is 6.54 Å². The van der Waals surface area contributed by atoms with Gasteiger partial charge < -0.3 is 5.32 Å². The standard InChI is InChI=1S/C16H31N/c1-8-10-17-13(11-12(3)9-2)14-15(4,5)16(14,6)7/h13-14,17H,3,8-11H2,1-2,4-7H3. The topological polar surface area (TPSA) is 12.0 Å². The molecule has 1 fully saturated rings. The van der Waals surface area contributed by atoms with Gasteiger partial charge in [0.05, 0.1) is 0 Å². The van der Waals surface area contributed by atoms with Crippen LogP contribution in [0.5, 0.6) is 0 Å². The maximum absolute atomic E-state index is 4.19. The Labute approximate surface area is 108 Å². The average molecular weight is 237 g/mol. The molecule has 0 radical (unpaired) electrons. The normalized spacial score (nSPS) is 23.4. The molecular weight excluding hydrogens is 206 g/mol. The second kappa shape index (κ2) is 5.14. The van der Waals surface area contributed by atoms with Gasteiger partial charge in [0.2, 0.25) is 0 Å². The maximum atomic E-state index is 4.19. The number of nitrogens with one attached hydrogen (secondary N) is 1. The molecule has 1 rings (SSSR count). The highest BCUT2D eigenvalue weighted by molar-refractivity contribution is 5.18. The molecule has 1 saturated carbocycles. The third-order valence-corrected chi connectivity index (χ3v) is 5.20. The van der Waals surface area contributed by atoms with Gasteiger partial charge in [-0.2, -0.15) is 0 Å². The van der Waals surface area contributed by atoms with Gasteiger partial charge in [0, 0.05) is 6.04 Å². The van der Waals surface area contributed by atoms with Crippen molar-refractivity contribution in [1.29, 1.82) is 0 Å². The predicted molar refractivity (Wildman–Crippen MR) is 77.2 cm³/mol. The van der Waals surface area contributed by atoms with E-state index in [0.29, 0.717) is 16.9 Å². The van der Waals surface area contributed by atoms with Crippen LogP contribution in [-0.4, -0.2) is 12.6 Å². The van der Waals surface area contributed by atoms with Crippen LogP contribution in [0.4, 0.5) is 0 Å². The minimum atomic E-state index is 0.465. The molecule has 1 N–H and O–H groups in total. The Hall–Kier alpha value is -0.300. The molecule has 1 unspecified atom stereocenters. The van der Waals surface area contributed by atoms with Crippen LogP contribution >= 0.6 is 0 Å². The Morgan fingerprint density at radius 3 is 2.06 bits per heavy atom. The van der Waals surface area contributed by atoms with Crippen LogP contribution < -0.4 is 5.32 Å². The minimum absolute atomic E-state index is 0.465. The zero-order valence-electron chi connectivity index (χ0n) is 12.7. The number of rotatable bonds is 7. The molecule has 0 heterocycles. The highest BCUT2D eigenvalue weighted by Gasteiger charge is 2.66. The number of hydrogen-bond acceptors (Lipinski definition) is 1. The molecule has 1 aliphatic carbocycles. The molecule has 0 amide bonds. The molecule has 17 heavy (non-hydrogen) atoms. The highest BCUT2D eigenvalue weighted by atomic mass is 15.0. The van der Waals surface area contributed by atoms with Crippen LogP contribution in [0.2, 0.25) is 0 Å². The van der Waals surface area contributed by atoms with Crippen molar-refractivity contribution in [3.63, 3.8) is 0 Å². The van der Waals surface area contributed by atoms with E-state index in [1.165, 1.54) is 12.0 Å². The van der Waals surface area contributed by atoms with E-state index in [4.69, 9.17) is 0 Å². The van der Waals surface area contributed by atoms with E-state index < -0.39 is 0 Å². The van der Waals surface area contributed by atoms with E-state index in [0.717, 1.165) is 25.3 Å². The Balaban J connectivity index is 2.68. The molecule has 0 aromatic carbocycles. The molecular formula is C16H31N. The smallest absolute Gasteiger partial charge is 0.0143 e. The molecule has 0 saturated heterocycles. The van der Waals surface area contributed by atoms with Crippen LogP contribution in [0.15, 0.2) is 12.2 Å². The monoisotopic (exact) mass is 237 g/mol. The molecule has 1 heteroatoms. The summed E-state index contributed by atoms with van der Waals surface area (Å²) in [6.07, 6.45) is 3.47. The first-order chi connectivity index (χ1) is 7.79. The van der Waals surface area contributed by atoms with Crippen LogP contribution in [0.3, 0.4) is 0 Å².